The van der Waals surface area contributed by atoms with Crippen LogP contribution in [0.1, 0.15) is 12.5 Å². The summed E-state index contributed by atoms with van der Waals surface area (Å²) in [6, 6.07) is 1.51. The van der Waals surface area contributed by atoms with Crippen LogP contribution >= 0.6 is 11.8 Å². The summed E-state index contributed by atoms with van der Waals surface area (Å²) in [4.78, 5) is 16.6. The highest BCUT2D eigenvalue weighted by Crippen LogP contribution is 2.29. The number of nitrogens with zero attached hydrogens (tertiary/aromatic N) is 4. The molecule has 0 atom stereocenters. The lowest BCUT2D eigenvalue weighted by Gasteiger charge is -2.09. The van der Waals surface area contributed by atoms with E-state index >= 15 is 0 Å². The van der Waals surface area contributed by atoms with Crippen molar-refractivity contribution in [2.75, 3.05) is 23.3 Å². The summed E-state index contributed by atoms with van der Waals surface area (Å²) in [6.07, 6.45) is 1.50. The number of nitrogen functional groups attached to an aromatic ring is 2. The van der Waals surface area contributed by atoms with Crippen molar-refractivity contribution in [3.05, 3.63) is 18.0 Å². The van der Waals surface area contributed by atoms with Crippen LogP contribution < -0.4 is 16.8 Å². The number of anilines is 3. The standard InChI is InChI=1S/C11H15N7S/c1-3-14-9-6(2)10(16-5-15-9)19-11-17-7(12)4-8(13)18-11/h4-5H,3H2,1-2H3,(H,14,15,16)(H4,12,13,17,18). The van der Waals surface area contributed by atoms with E-state index in [1.165, 1.54) is 24.2 Å². The lowest BCUT2D eigenvalue weighted by molar-refractivity contribution is 0.955. The monoisotopic (exact) mass is 277 g/mol. The molecule has 0 spiro atoms. The predicted molar refractivity (Wildman–Crippen MR) is 75.9 cm³/mol. The maximum absolute atomic E-state index is 5.64. The van der Waals surface area contributed by atoms with Gasteiger partial charge in [0.2, 0.25) is 0 Å². The Morgan fingerprint density at radius 1 is 1.21 bits per heavy atom. The predicted octanol–water partition coefficient (Wildman–Crippen LogP) is 1.32. The fraction of sp³-hybridized carbons (Fsp3) is 0.273. The van der Waals surface area contributed by atoms with Gasteiger partial charge in [-0.15, -0.1) is 0 Å². The van der Waals surface area contributed by atoms with E-state index in [-0.39, 0.29) is 0 Å². The molecule has 0 aliphatic carbocycles. The largest absolute Gasteiger partial charge is 0.383 e. The van der Waals surface area contributed by atoms with E-state index in [4.69, 9.17) is 11.5 Å². The van der Waals surface area contributed by atoms with E-state index in [1.54, 1.807) is 0 Å². The SMILES string of the molecule is CCNc1ncnc(Sc2nc(N)cc(N)n2)c1C. The molecular weight excluding hydrogens is 262 g/mol. The van der Waals surface area contributed by atoms with Crippen LogP contribution in [-0.2, 0) is 0 Å². The molecule has 2 aromatic rings. The molecule has 0 aliphatic heterocycles. The summed E-state index contributed by atoms with van der Waals surface area (Å²) >= 11 is 1.31. The van der Waals surface area contributed by atoms with Crippen molar-refractivity contribution in [1.29, 1.82) is 0 Å². The van der Waals surface area contributed by atoms with Gasteiger partial charge in [-0.05, 0) is 25.6 Å². The molecule has 0 amide bonds. The van der Waals surface area contributed by atoms with Gasteiger partial charge in [-0.25, -0.2) is 19.9 Å². The molecule has 2 aromatic heterocycles. The Bertz CT molecular complexity index is 567. The minimum absolute atomic E-state index is 0.341. The van der Waals surface area contributed by atoms with Crippen molar-refractivity contribution < 1.29 is 0 Å². The molecule has 0 saturated carbocycles. The Hall–Kier alpha value is -2.09. The third-order valence-electron chi connectivity index (χ3n) is 2.32. The van der Waals surface area contributed by atoms with E-state index in [1.807, 2.05) is 13.8 Å². The van der Waals surface area contributed by atoms with Gasteiger partial charge in [0.1, 0.15) is 28.8 Å². The van der Waals surface area contributed by atoms with Gasteiger partial charge in [0.05, 0.1) is 0 Å². The Morgan fingerprint density at radius 3 is 2.53 bits per heavy atom. The van der Waals surface area contributed by atoms with E-state index < -0.39 is 0 Å². The Morgan fingerprint density at radius 2 is 1.89 bits per heavy atom. The zero-order valence-corrected chi connectivity index (χ0v) is 11.5. The van der Waals surface area contributed by atoms with Crippen molar-refractivity contribution in [1.82, 2.24) is 19.9 Å². The number of aromatic nitrogens is 4. The molecule has 0 unspecified atom stereocenters. The minimum atomic E-state index is 0.341. The molecule has 0 aromatic carbocycles. The van der Waals surface area contributed by atoms with E-state index in [0.717, 1.165) is 23.0 Å². The van der Waals surface area contributed by atoms with Gasteiger partial charge in [-0.3, -0.25) is 0 Å². The third kappa shape index (κ3) is 3.22. The van der Waals surface area contributed by atoms with Crippen LogP contribution in [0.4, 0.5) is 17.5 Å². The lowest BCUT2D eigenvalue weighted by Crippen LogP contribution is -2.04. The third-order valence-corrected chi connectivity index (χ3v) is 3.29. The lowest BCUT2D eigenvalue weighted by atomic mass is 10.3. The Balaban J connectivity index is 2.30. The number of rotatable bonds is 4. The van der Waals surface area contributed by atoms with E-state index in [9.17, 15) is 0 Å². The molecular formula is C11H15N7S. The number of hydrogen-bond acceptors (Lipinski definition) is 8. The fourth-order valence-electron chi connectivity index (χ4n) is 1.48. The fourth-order valence-corrected chi connectivity index (χ4v) is 2.30. The van der Waals surface area contributed by atoms with Crippen LogP contribution in [0, 0.1) is 6.92 Å². The molecule has 2 rings (SSSR count). The average Bonchev–Trinajstić information content (AvgIpc) is 2.33. The van der Waals surface area contributed by atoms with Crippen molar-refractivity contribution in [2.24, 2.45) is 0 Å². The van der Waals surface area contributed by atoms with Gasteiger partial charge in [-0.2, -0.15) is 0 Å². The van der Waals surface area contributed by atoms with Crippen LogP contribution in [0.3, 0.4) is 0 Å². The van der Waals surface area contributed by atoms with Gasteiger partial charge in [-0.1, -0.05) is 0 Å². The first-order valence-electron chi connectivity index (χ1n) is 5.73. The highest BCUT2D eigenvalue weighted by Gasteiger charge is 2.10. The van der Waals surface area contributed by atoms with Crippen LogP contribution in [-0.4, -0.2) is 26.5 Å². The normalized spacial score (nSPS) is 10.4. The van der Waals surface area contributed by atoms with E-state index in [0.29, 0.717) is 16.8 Å². The molecule has 0 radical (unpaired) electrons. The van der Waals surface area contributed by atoms with Crippen molar-refractivity contribution in [3.8, 4) is 0 Å². The van der Waals surface area contributed by atoms with E-state index in [2.05, 4.69) is 25.3 Å². The molecule has 0 bridgehead atoms. The van der Waals surface area contributed by atoms with Crippen molar-refractivity contribution in [2.45, 2.75) is 24.0 Å². The maximum Gasteiger partial charge on any atom is 0.197 e. The summed E-state index contributed by atoms with van der Waals surface area (Å²) in [7, 11) is 0. The second-order valence-corrected chi connectivity index (χ2v) is 4.74. The summed E-state index contributed by atoms with van der Waals surface area (Å²) in [5.74, 6) is 1.49. The molecule has 0 fully saturated rings. The van der Waals surface area contributed by atoms with Crippen LogP contribution in [0.2, 0.25) is 0 Å². The number of nitrogens with two attached hydrogens (primary N) is 2. The first kappa shape index (κ1) is 13.3. The maximum atomic E-state index is 5.64. The Labute approximate surface area is 115 Å². The molecule has 2 heterocycles. The zero-order valence-electron chi connectivity index (χ0n) is 10.7. The quantitative estimate of drug-likeness (QED) is 0.566. The summed E-state index contributed by atoms with van der Waals surface area (Å²) in [5.41, 5.74) is 12.2. The van der Waals surface area contributed by atoms with Gasteiger partial charge in [0.15, 0.2) is 5.16 Å². The highest BCUT2D eigenvalue weighted by atomic mass is 32.2. The highest BCUT2D eigenvalue weighted by molar-refractivity contribution is 7.99. The molecule has 100 valence electrons. The summed E-state index contributed by atoms with van der Waals surface area (Å²) in [6.45, 7) is 4.75. The van der Waals surface area contributed by atoms with Crippen molar-refractivity contribution in [3.63, 3.8) is 0 Å². The van der Waals surface area contributed by atoms with Crippen LogP contribution in [0.5, 0.6) is 0 Å². The second kappa shape index (κ2) is 5.70. The Kier molecular flexibility index (Phi) is 4.00. The number of nitrogens with one attached hydrogen (secondary N) is 1. The molecule has 19 heavy (non-hydrogen) atoms. The molecule has 0 saturated heterocycles. The van der Waals surface area contributed by atoms with Gasteiger partial charge in [0.25, 0.3) is 0 Å². The topological polar surface area (TPSA) is 116 Å². The summed E-state index contributed by atoms with van der Waals surface area (Å²) in [5, 5.41) is 4.42. The van der Waals surface area contributed by atoms with Crippen molar-refractivity contribution >= 4 is 29.2 Å². The van der Waals surface area contributed by atoms with Gasteiger partial charge < -0.3 is 16.8 Å². The smallest absolute Gasteiger partial charge is 0.197 e. The summed E-state index contributed by atoms with van der Waals surface area (Å²) < 4.78 is 0. The molecule has 8 heteroatoms. The van der Waals surface area contributed by atoms with Gasteiger partial charge >= 0.3 is 0 Å². The first-order chi connectivity index (χ1) is 9.10. The molecule has 5 N–H and O–H groups in total. The first-order valence-corrected chi connectivity index (χ1v) is 6.55. The number of hydrogen-bond donors (Lipinski definition) is 3. The molecule has 7 nitrogen and oxygen atoms in total. The second-order valence-electron chi connectivity index (χ2n) is 3.79. The van der Waals surface area contributed by atoms with Crippen LogP contribution in [0.15, 0.2) is 22.6 Å². The van der Waals surface area contributed by atoms with Gasteiger partial charge in [0, 0.05) is 18.2 Å². The zero-order chi connectivity index (χ0) is 13.8. The minimum Gasteiger partial charge on any atom is -0.383 e. The average molecular weight is 277 g/mol. The van der Waals surface area contributed by atoms with Crippen LogP contribution in [0.25, 0.3) is 0 Å². The molecule has 0 aliphatic rings.